The zero-order chi connectivity index (χ0) is 22.9. The predicted molar refractivity (Wildman–Crippen MR) is 109 cm³/mol. The monoisotopic (exact) mass is 449 g/mol. The van der Waals surface area contributed by atoms with Crippen molar-refractivity contribution in [2.45, 2.75) is 44.4 Å². The zero-order valence-corrected chi connectivity index (χ0v) is 17.3. The van der Waals surface area contributed by atoms with Crippen molar-refractivity contribution in [1.82, 2.24) is 14.9 Å². The van der Waals surface area contributed by atoms with Crippen molar-refractivity contribution in [3.8, 4) is 0 Å². The zero-order valence-electron chi connectivity index (χ0n) is 17.3. The van der Waals surface area contributed by atoms with E-state index >= 15 is 0 Å². The summed E-state index contributed by atoms with van der Waals surface area (Å²) in [4.78, 5) is 33.1. The van der Waals surface area contributed by atoms with Crippen LogP contribution in [0.3, 0.4) is 0 Å². The molecule has 1 fully saturated rings. The molecule has 1 aliphatic carbocycles. The van der Waals surface area contributed by atoms with Gasteiger partial charge < -0.3 is 20.3 Å². The molecule has 2 aromatic rings. The molecule has 2 aliphatic rings. The van der Waals surface area contributed by atoms with E-state index in [0.717, 1.165) is 30.2 Å². The van der Waals surface area contributed by atoms with Crippen molar-refractivity contribution < 1.29 is 27.5 Å². The highest BCUT2D eigenvalue weighted by atomic mass is 19.4. The van der Waals surface area contributed by atoms with Gasteiger partial charge in [-0.1, -0.05) is 6.07 Å². The van der Waals surface area contributed by atoms with E-state index in [2.05, 4.69) is 25.3 Å². The quantitative estimate of drug-likeness (QED) is 0.516. The number of alkyl halides is 3. The van der Waals surface area contributed by atoms with E-state index < -0.39 is 17.7 Å². The van der Waals surface area contributed by atoms with Gasteiger partial charge in [-0.25, -0.2) is 4.98 Å². The van der Waals surface area contributed by atoms with Crippen LogP contribution >= 0.6 is 0 Å². The van der Waals surface area contributed by atoms with Gasteiger partial charge in [0.15, 0.2) is 0 Å². The number of carbonyl (C=O) groups excluding carboxylic acids is 2. The fraction of sp³-hybridized carbons (Fsp3) is 0.429. The fourth-order valence-electron chi connectivity index (χ4n) is 3.46. The van der Waals surface area contributed by atoms with Gasteiger partial charge in [-0.05, 0) is 42.5 Å². The molecule has 8 nitrogen and oxygen atoms in total. The minimum atomic E-state index is -4.55. The Hall–Kier alpha value is -3.37. The number of benzene rings is 1. The number of rotatable bonds is 6. The summed E-state index contributed by atoms with van der Waals surface area (Å²) in [5.74, 6) is -1.11. The van der Waals surface area contributed by atoms with Crippen LogP contribution in [0, 0.1) is 0 Å². The molecular weight excluding hydrogens is 427 g/mol. The molecule has 0 unspecified atom stereocenters. The maximum atomic E-state index is 13.3. The van der Waals surface area contributed by atoms with Gasteiger partial charge in [0.1, 0.15) is 17.8 Å². The summed E-state index contributed by atoms with van der Waals surface area (Å²) in [5, 5.41) is 5.76. The molecule has 1 saturated carbocycles. The van der Waals surface area contributed by atoms with E-state index in [9.17, 15) is 22.8 Å². The van der Waals surface area contributed by atoms with E-state index in [1.54, 1.807) is 11.0 Å². The van der Waals surface area contributed by atoms with Crippen LogP contribution in [-0.4, -0.2) is 46.4 Å². The van der Waals surface area contributed by atoms with E-state index in [-0.39, 0.29) is 30.1 Å². The van der Waals surface area contributed by atoms with E-state index in [1.807, 2.05) is 12.1 Å². The van der Waals surface area contributed by atoms with Crippen LogP contribution in [0.25, 0.3) is 0 Å². The molecule has 2 heterocycles. The molecule has 0 atom stereocenters. The summed E-state index contributed by atoms with van der Waals surface area (Å²) in [5.41, 5.74) is 1.62. The Balaban J connectivity index is 1.50. The lowest BCUT2D eigenvalue weighted by Gasteiger charge is -2.29. The Kier molecular flexibility index (Phi) is 5.90. The van der Waals surface area contributed by atoms with Crippen molar-refractivity contribution in [2.75, 3.05) is 24.3 Å². The van der Waals surface area contributed by atoms with Crippen LogP contribution in [0.4, 0.5) is 30.6 Å². The Morgan fingerprint density at radius 3 is 2.72 bits per heavy atom. The van der Waals surface area contributed by atoms with Crippen molar-refractivity contribution in [1.29, 1.82) is 0 Å². The van der Waals surface area contributed by atoms with Gasteiger partial charge in [-0.2, -0.15) is 18.2 Å². The number of fused-ring (bicyclic) bond motifs is 1. The van der Waals surface area contributed by atoms with E-state index in [1.165, 1.54) is 7.11 Å². The maximum Gasteiger partial charge on any atom is 0.421 e. The second-order valence-corrected chi connectivity index (χ2v) is 7.80. The number of methoxy groups -OCH3 is 1. The van der Waals surface area contributed by atoms with Gasteiger partial charge in [0.2, 0.25) is 11.9 Å². The van der Waals surface area contributed by atoms with E-state index in [4.69, 9.17) is 0 Å². The van der Waals surface area contributed by atoms with Gasteiger partial charge in [0.25, 0.3) is 0 Å². The van der Waals surface area contributed by atoms with Crippen LogP contribution in [-0.2, 0) is 33.5 Å². The third-order valence-corrected chi connectivity index (χ3v) is 5.36. The summed E-state index contributed by atoms with van der Waals surface area (Å²) >= 11 is 0. The van der Waals surface area contributed by atoms with Crippen LogP contribution in [0.5, 0.6) is 0 Å². The number of ether oxygens (including phenoxy) is 1. The third kappa shape index (κ3) is 5.09. The minimum Gasteiger partial charge on any atom is -0.469 e. The van der Waals surface area contributed by atoms with Crippen molar-refractivity contribution in [3.05, 3.63) is 41.1 Å². The average Bonchev–Trinajstić information content (AvgIpc) is 3.56. The number of halogens is 3. The number of esters is 1. The normalized spacial score (nSPS) is 15.7. The molecule has 32 heavy (non-hydrogen) atoms. The lowest BCUT2D eigenvalue weighted by Crippen LogP contribution is -2.37. The molecule has 4 rings (SSSR count). The highest BCUT2D eigenvalue weighted by Gasteiger charge is 2.37. The van der Waals surface area contributed by atoms with Crippen LogP contribution in [0.1, 0.15) is 36.0 Å². The first kappa shape index (κ1) is 21.8. The number of carbonyl (C=O) groups is 2. The first-order chi connectivity index (χ1) is 15.2. The molecule has 1 amide bonds. The van der Waals surface area contributed by atoms with Crippen molar-refractivity contribution in [3.63, 3.8) is 0 Å². The summed E-state index contributed by atoms with van der Waals surface area (Å²) < 4.78 is 44.4. The van der Waals surface area contributed by atoms with Gasteiger partial charge in [0, 0.05) is 31.0 Å². The molecule has 1 aromatic heterocycles. The lowest BCUT2D eigenvalue weighted by molar-refractivity contribution is -0.147. The number of amides is 1. The summed E-state index contributed by atoms with van der Waals surface area (Å²) in [6.07, 6.45) is -1.86. The largest absolute Gasteiger partial charge is 0.469 e. The molecular formula is C21H22F3N5O3. The Bertz CT molecular complexity index is 1040. The smallest absolute Gasteiger partial charge is 0.421 e. The van der Waals surface area contributed by atoms with Crippen molar-refractivity contribution in [2.24, 2.45) is 0 Å². The summed E-state index contributed by atoms with van der Waals surface area (Å²) in [6.45, 7) is 0.816. The second kappa shape index (κ2) is 8.64. The lowest BCUT2D eigenvalue weighted by atomic mass is 9.99. The average molecular weight is 449 g/mol. The highest BCUT2D eigenvalue weighted by molar-refractivity contribution is 5.94. The van der Waals surface area contributed by atoms with Gasteiger partial charge in [-0.3, -0.25) is 9.59 Å². The van der Waals surface area contributed by atoms with Crippen LogP contribution in [0.15, 0.2) is 24.4 Å². The number of hydrogen-bond donors (Lipinski definition) is 2. The fourth-order valence-corrected chi connectivity index (χ4v) is 3.46. The Morgan fingerprint density at radius 1 is 1.25 bits per heavy atom. The third-order valence-electron chi connectivity index (χ3n) is 5.36. The van der Waals surface area contributed by atoms with E-state index in [0.29, 0.717) is 25.2 Å². The molecule has 2 N–H and O–H groups in total. The topological polar surface area (TPSA) is 96.5 Å². The minimum absolute atomic E-state index is 0.00361. The Morgan fingerprint density at radius 2 is 2.03 bits per heavy atom. The standard InChI is InChI=1S/C21H22F3N5O3/c1-32-18(31)9-17(30)29-7-6-12-2-3-15(8-13(12)11-29)27-20-25-10-16(21(22,23)24)19(28-20)26-14-4-5-14/h2-3,8,10,14H,4-7,9,11H2,1H3,(H2,25,26,27,28). The summed E-state index contributed by atoms with van der Waals surface area (Å²) in [7, 11) is 1.23. The SMILES string of the molecule is COC(=O)CC(=O)N1CCc2ccc(Nc3ncc(C(F)(F)F)c(NC4CC4)n3)cc2C1. The van der Waals surface area contributed by atoms with Gasteiger partial charge >= 0.3 is 12.1 Å². The number of nitrogens with zero attached hydrogens (tertiary/aromatic N) is 3. The predicted octanol–water partition coefficient (Wildman–Crippen LogP) is 3.26. The molecule has 170 valence electrons. The second-order valence-electron chi connectivity index (χ2n) is 7.80. The first-order valence-electron chi connectivity index (χ1n) is 10.2. The number of hydrogen-bond acceptors (Lipinski definition) is 7. The first-order valence-corrected chi connectivity index (χ1v) is 10.2. The van der Waals surface area contributed by atoms with Crippen LogP contribution in [0.2, 0.25) is 0 Å². The molecule has 0 spiro atoms. The van der Waals surface area contributed by atoms with Gasteiger partial charge in [0.05, 0.1) is 7.11 Å². The molecule has 0 radical (unpaired) electrons. The maximum absolute atomic E-state index is 13.3. The molecule has 11 heteroatoms. The molecule has 0 saturated heterocycles. The molecule has 1 aliphatic heterocycles. The Labute approximate surface area is 182 Å². The number of anilines is 3. The molecule has 1 aromatic carbocycles. The number of nitrogens with one attached hydrogen (secondary N) is 2. The highest BCUT2D eigenvalue weighted by Crippen LogP contribution is 2.36. The number of aromatic nitrogens is 2. The van der Waals surface area contributed by atoms with Crippen molar-refractivity contribution >= 4 is 29.3 Å². The molecule has 0 bridgehead atoms. The van der Waals surface area contributed by atoms with Crippen LogP contribution < -0.4 is 10.6 Å². The summed E-state index contributed by atoms with van der Waals surface area (Å²) in [6, 6.07) is 5.49. The van der Waals surface area contributed by atoms with Gasteiger partial charge in [-0.15, -0.1) is 0 Å².